The molecule has 1 aromatic heterocycles. The molecule has 1 aliphatic carbocycles. The predicted octanol–water partition coefficient (Wildman–Crippen LogP) is 6.37. The van der Waals surface area contributed by atoms with E-state index in [1.165, 1.54) is 19.3 Å². The summed E-state index contributed by atoms with van der Waals surface area (Å²) in [5, 5.41) is 2.86. The van der Waals surface area contributed by atoms with E-state index in [4.69, 9.17) is 4.74 Å². The molecule has 1 amide bonds. The minimum Gasteiger partial charge on any atom is -0.461 e. The van der Waals surface area contributed by atoms with Crippen LogP contribution in [0.2, 0.25) is 0 Å². The molecule has 0 spiro atoms. The molecule has 6 heteroatoms. The van der Waals surface area contributed by atoms with Crippen LogP contribution >= 0.6 is 11.3 Å². The van der Waals surface area contributed by atoms with E-state index in [1.807, 2.05) is 12.3 Å². The third-order valence-corrected chi connectivity index (χ3v) is 7.47. The lowest BCUT2D eigenvalue weighted by Crippen LogP contribution is -2.45. The van der Waals surface area contributed by atoms with Crippen molar-refractivity contribution in [3.05, 3.63) is 16.1 Å². The molecule has 0 aromatic carbocycles. The third kappa shape index (κ3) is 7.30. The van der Waals surface area contributed by atoms with Crippen LogP contribution in [0.3, 0.4) is 0 Å². The number of amides is 1. The van der Waals surface area contributed by atoms with Crippen LogP contribution in [-0.4, -0.2) is 41.0 Å². The van der Waals surface area contributed by atoms with E-state index in [2.05, 4.69) is 37.6 Å². The van der Waals surface area contributed by atoms with E-state index >= 15 is 0 Å². The smallest absolute Gasteiger partial charge is 0.357 e. The van der Waals surface area contributed by atoms with Crippen molar-refractivity contribution in [1.82, 2.24) is 9.88 Å². The van der Waals surface area contributed by atoms with Gasteiger partial charge in [-0.25, -0.2) is 9.78 Å². The van der Waals surface area contributed by atoms with Crippen LogP contribution in [-0.2, 0) is 14.9 Å². The van der Waals surface area contributed by atoms with Crippen LogP contribution in [0.1, 0.15) is 114 Å². The van der Waals surface area contributed by atoms with Crippen molar-refractivity contribution < 1.29 is 14.3 Å². The SMILES string of the molecule is CCCCCCN(C(=O)CCCC)[C@H](CC1(c2nc(C(=O)OCC)cs2)CC1)C(C)C. The summed E-state index contributed by atoms with van der Waals surface area (Å²) in [5.41, 5.74) is 0.432. The van der Waals surface area contributed by atoms with Crippen LogP contribution in [0.15, 0.2) is 5.38 Å². The molecule has 1 aromatic rings. The van der Waals surface area contributed by atoms with Gasteiger partial charge in [-0.3, -0.25) is 4.79 Å². The highest BCUT2D eigenvalue weighted by Gasteiger charge is 2.50. The molecule has 0 aliphatic heterocycles. The average molecular weight is 451 g/mol. The number of esters is 1. The summed E-state index contributed by atoms with van der Waals surface area (Å²) in [6, 6.07) is 0.212. The minimum atomic E-state index is -0.339. The van der Waals surface area contributed by atoms with Crippen LogP contribution in [0.25, 0.3) is 0 Å². The zero-order valence-electron chi connectivity index (χ0n) is 20.2. The topological polar surface area (TPSA) is 59.5 Å². The third-order valence-electron chi connectivity index (χ3n) is 6.38. The van der Waals surface area contributed by atoms with Gasteiger partial charge >= 0.3 is 5.97 Å². The molecular formula is C25H42N2O3S. The Morgan fingerprint density at radius 2 is 1.84 bits per heavy atom. The number of nitrogens with zero attached hydrogens (tertiary/aromatic N) is 2. The molecule has 176 valence electrons. The van der Waals surface area contributed by atoms with Gasteiger partial charge in [0.05, 0.1) is 11.6 Å². The van der Waals surface area contributed by atoms with Crippen molar-refractivity contribution in [1.29, 1.82) is 0 Å². The summed E-state index contributed by atoms with van der Waals surface area (Å²) in [6.07, 6.45) is 10.4. The van der Waals surface area contributed by atoms with Crippen molar-refractivity contribution in [3.63, 3.8) is 0 Å². The molecule has 0 saturated heterocycles. The number of unbranched alkanes of at least 4 members (excludes halogenated alkanes) is 4. The maximum Gasteiger partial charge on any atom is 0.357 e. The highest BCUT2D eigenvalue weighted by atomic mass is 32.1. The van der Waals surface area contributed by atoms with Crippen molar-refractivity contribution in [2.24, 2.45) is 5.92 Å². The number of thiazole rings is 1. The van der Waals surface area contributed by atoms with Crippen LogP contribution in [0.4, 0.5) is 0 Å². The zero-order valence-corrected chi connectivity index (χ0v) is 21.1. The number of aromatic nitrogens is 1. The number of rotatable bonds is 15. The summed E-state index contributed by atoms with van der Waals surface area (Å²) in [5.74, 6) is 0.353. The second kappa shape index (κ2) is 12.6. The van der Waals surface area contributed by atoms with Crippen molar-refractivity contribution in [2.75, 3.05) is 13.2 Å². The second-order valence-corrected chi connectivity index (χ2v) is 10.2. The Morgan fingerprint density at radius 3 is 2.42 bits per heavy atom. The Labute approximate surface area is 193 Å². The van der Waals surface area contributed by atoms with Gasteiger partial charge in [0, 0.05) is 29.8 Å². The van der Waals surface area contributed by atoms with Gasteiger partial charge < -0.3 is 9.64 Å². The number of ether oxygens (including phenoxy) is 1. The minimum absolute atomic E-state index is 0.0110. The van der Waals surface area contributed by atoms with Gasteiger partial charge in [0.25, 0.3) is 0 Å². The summed E-state index contributed by atoms with van der Waals surface area (Å²) in [4.78, 5) is 32.1. The Bertz CT molecular complexity index is 697. The van der Waals surface area contributed by atoms with E-state index in [9.17, 15) is 9.59 Å². The predicted molar refractivity (Wildman–Crippen MR) is 128 cm³/mol. The van der Waals surface area contributed by atoms with E-state index in [0.29, 0.717) is 30.5 Å². The number of carbonyl (C=O) groups is 2. The van der Waals surface area contributed by atoms with Crippen molar-refractivity contribution in [3.8, 4) is 0 Å². The van der Waals surface area contributed by atoms with Gasteiger partial charge in [0.1, 0.15) is 0 Å². The van der Waals surface area contributed by atoms with Gasteiger partial charge in [-0.2, -0.15) is 0 Å². The van der Waals surface area contributed by atoms with E-state index < -0.39 is 0 Å². The first-order valence-electron chi connectivity index (χ1n) is 12.3. The van der Waals surface area contributed by atoms with Crippen molar-refractivity contribution in [2.45, 2.75) is 110 Å². The fraction of sp³-hybridized carbons (Fsp3) is 0.800. The Balaban J connectivity index is 2.16. The van der Waals surface area contributed by atoms with E-state index in [1.54, 1.807) is 11.3 Å². The number of hydrogen-bond donors (Lipinski definition) is 0. The van der Waals surface area contributed by atoms with E-state index in [-0.39, 0.29) is 17.4 Å². The molecule has 1 heterocycles. The Morgan fingerprint density at radius 1 is 1.13 bits per heavy atom. The monoisotopic (exact) mass is 450 g/mol. The Kier molecular flexibility index (Phi) is 10.5. The first-order chi connectivity index (χ1) is 14.9. The number of carbonyl (C=O) groups excluding carboxylic acids is 2. The molecule has 1 atom stereocenters. The summed E-state index contributed by atoms with van der Waals surface area (Å²) < 4.78 is 5.12. The first kappa shape index (κ1) is 25.8. The molecule has 0 unspecified atom stereocenters. The lowest BCUT2D eigenvalue weighted by Gasteiger charge is -2.37. The first-order valence-corrected chi connectivity index (χ1v) is 13.2. The fourth-order valence-corrected chi connectivity index (χ4v) is 5.30. The molecule has 0 bridgehead atoms. The molecular weight excluding hydrogens is 408 g/mol. The highest BCUT2D eigenvalue weighted by molar-refractivity contribution is 7.10. The van der Waals surface area contributed by atoms with Gasteiger partial charge in [-0.1, -0.05) is 53.4 Å². The standard InChI is InChI=1S/C25H42N2O3S/c1-6-9-11-12-16-27(22(28)13-10-7-2)21(19(4)5)17-25(14-15-25)24-26-20(18-31-24)23(29)30-8-3/h18-19,21H,6-17H2,1-5H3/t21-/m1/s1. The molecule has 0 radical (unpaired) electrons. The van der Waals surface area contributed by atoms with Crippen molar-refractivity contribution >= 4 is 23.2 Å². The van der Waals surface area contributed by atoms with Gasteiger partial charge in [0.2, 0.25) is 5.91 Å². The Hall–Kier alpha value is -1.43. The normalized spacial score (nSPS) is 15.7. The molecule has 1 fully saturated rings. The van der Waals surface area contributed by atoms with Crippen LogP contribution in [0.5, 0.6) is 0 Å². The second-order valence-electron chi connectivity index (χ2n) is 9.31. The number of hydrogen-bond acceptors (Lipinski definition) is 5. The molecule has 1 saturated carbocycles. The van der Waals surface area contributed by atoms with E-state index in [0.717, 1.165) is 50.1 Å². The maximum absolute atomic E-state index is 13.2. The van der Waals surface area contributed by atoms with Crippen LogP contribution < -0.4 is 0 Å². The van der Waals surface area contributed by atoms with Gasteiger partial charge in [-0.05, 0) is 44.9 Å². The lowest BCUT2D eigenvalue weighted by atomic mass is 9.88. The highest BCUT2D eigenvalue weighted by Crippen LogP contribution is 2.53. The quantitative estimate of drug-likeness (QED) is 0.230. The van der Waals surface area contributed by atoms with Crippen LogP contribution in [0, 0.1) is 5.92 Å². The molecule has 2 rings (SSSR count). The van der Waals surface area contributed by atoms with Gasteiger partial charge in [0.15, 0.2) is 5.69 Å². The molecule has 5 nitrogen and oxygen atoms in total. The molecule has 0 N–H and O–H groups in total. The summed E-state index contributed by atoms with van der Waals surface area (Å²) >= 11 is 1.57. The molecule has 31 heavy (non-hydrogen) atoms. The summed E-state index contributed by atoms with van der Waals surface area (Å²) in [6.45, 7) is 11.9. The molecule has 1 aliphatic rings. The largest absolute Gasteiger partial charge is 0.461 e. The lowest BCUT2D eigenvalue weighted by molar-refractivity contribution is -0.135. The zero-order chi connectivity index (χ0) is 22.9. The fourth-order valence-electron chi connectivity index (χ4n) is 4.23. The maximum atomic E-state index is 13.2. The average Bonchev–Trinajstić information content (AvgIpc) is 3.35. The van der Waals surface area contributed by atoms with Gasteiger partial charge in [-0.15, -0.1) is 11.3 Å². The summed E-state index contributed by atoms with van der Waals surface area (Å²) in [7, 11) is 0.